The first-order valence-corrected chi connectivity index (χ1v) is 9.24. The molecular weight excluding hydrogens is 356 g/mol. The van der Waals surface area contributed by atoms with Crippen LogP contribution in [0.25, 0.3) is 0 Å². The van der Waals surface area contributed by atoms with Gasteiger partial charge in [0.05, 0.1) is 34.6 Å². The second-order valence-electron chi connectivity index (χ2n) is 7.35. The monoisotopic (exact) mass is 382 g/mol. The predicted octanol–water partition coefficient (Wildman–Crippen LogP) is 1.20. The SMILES string of the molecule is CN(C)CCNc1ccc(NCCN(C)C)c2c1C(=O)c1cnncc1C2=O. The van der Waals surface area contributed by atoms with Gasteiger partial charge in [-0.05, 0) is 40.3 Å². The minimum Gasteiger partial charge on any atom is -0.383 e. The van der Waals surface area contributed by atoms with Gasteiger partial charge in [0.15, 0.2) is 11.6 Å². The summed E-state index contributed by atoms with van der Waals surface area (Å²) in [6, 6.07) is 3.72. The molecule has 1 aromatic heterocycles. The van der Waals surface area contributed by atoms with Crippen molar-refractivity contribution >= 4 is 22.9 Å². The molecule has 0 saturated heterocycles. The Morgan fingerprint density at radius 2 is 1.14 bits per heavy atom. The van der Waals surface area contributed by atoms with E-state index in [4.69, 9.17) is 0 Å². The molecule has 0 aliphatic heterocycles. The number of anilines is 2. The van der Waals surface area contributed by atoms with E-state index in [1.54, 1.807) is 0 Å². The molecule has 0 fully saturated rings. The summed E-state index contributed by atoms with van der Waals surface area (Å²) in [7, 11) is 7.94. The molecule has 1 heterocycles. The quantitative estimate of drug-likeness (QED) is 0.601. The molecule has 0 unspecified atom stereocenters. The van der Waals surface area contributed by atoms with Crippen LogP contribution >= 0.6 is 0 Å². The van der Waals surface area contributed by atoms with Crippen LogP contribution in [0.5, 0.6) is 0 Å². The summed E-state index contributed by atoms with van der Waals surface area (Å²) in [5.41, 5.74) is 2.73. The lowest BCUT2D eigenvalue weighted by Gasteiger charge is -2.24. The molecule has 2 N–H and O–H groups in total. The Labute approximate surface area is 164 Å². The first-order chi connectivity index (χ1) is 13.4. The molecule has 8 nitrogen and oxygen atoms in total. The lowest BCUT2D eigenvalue weighted by atomic mass is 9.83. The van der Waals surface area contributed by atoms with Crippen molar-refractivity contribution in [3.05, 3.63) is 46.8 Å². The standard InChI is InChI=1S/C20H26N6O2/c1-25(2)9-7-21-15-5-6-16(22-8-10-26(3)4)18-17(15)19(27)13-11-23-24-12-14(13)20(18)28/h5-6,11-12,21-22H,7-10H2,1-4H3. The summed E-state index contributed by atoms with van der Waals surface area (Å²) in [6.45, 7) is 2.94. The molecule has 28 heavy (non-hydrogen) atoms. The molecular formula is C20H26N6O2. The van der Waals surface area contributed by atoms with Crippen LogP contribution in [0.1, 0.15) is 31.8 Å². The Bertz CT molecular complexity index is 822. The predicted molar refractivity (Wildman–Crippen MR) is 109 cm³/mol. The number of hydrogen-bond donors (Lipinski definition) is 2. The number of nitrogens with zero attached hydrogens (tertiary/aromatic N) is 4. The van der Waals surface area contributed by atoms with E-state index < -0.39 is 0 Å². The van der Waals surface area contributed by atoms with Crippen LogP contribution in [-0.2, 0) is 0 Å². The van der Waals surface area contributed by atoms with E-state index in [1.165, 1.54) is 12.4 Å². The Hall–Kier alpha value is -2.84. The van der Waals surface area contributed by atoms with E-state index in [1.807, 2.05) is 40.3 Å². The maximum atomic E-state index is 13.2. The molecule has 3 rings (SSSR count). The molecule has 2 aromatic rings. The number of fused-ring (bicyclic) bond motifs is 2. The number of carbonyl (C=O) groups excluding carboxylic acids is 2. The van der Waals surface area contributed by atoms with E-state index in [0.717, 1.165) is 13.1 Å². The van der Waals surface area contributed by atoms with Crippen molar-refractivity contribution in [3.8, 4) is 0 Å². The first-order valence-electron chi connectivity index (χ1n) is 9.24. The third kappa shape index (κ3) is 4.02. The van der Waals surface area contributed by atoms with Gasteiger partial charge in [-0.3, -0.25) is 9.59 Å². The molecule has 1 aliphatic rings. The third-order valence-electron chi connectivity index (χ3n) is 4.63. The Balaban J connectivity index is 2.02. The molecule has 0 bridgehead atoms. The van der Waals surface area contributed by atoms with E-state index in [9.17, 15) is 9.59 Å². The van der Waals surface area contributed by atoms with Crippen molar-refractivity contribution in [2.24, 2.45) is 0 Å². The zero-order valence-corrected chi connectivity index (χ0v) is 16.7. The number of nitrogens with one attached hydrogen (secondary N) is 2. The summed E-state index contributed by atoms with van der Waals surface area (Å²) in [5, 5.41) is 14.2. The smallest absolute Gasteiger partial charge is 0.198 e. The van der Waals surface area contributed by atoms with Gasteiger partial charge in [0.2, 0.25) is 0 Å². The molecule has 148 valence electrons. The lowest BCUT2D eigenvalue weighted by molar-refractivity contribution is 0.0979. The van der Waals surface area contributed by atoms with Crippen LogP contribution < -0.4 is 10.6 Å². The van der Waals surface area contributed by atoms with Crippen molar-refractivity contribution in [3.63, 3.8) is 0 Å². The molecule has 8 heteroatoms. The van der Waals surface area contributed by atoms with Crippen molar-refractivity contribution < 1.29 is 9.59 Å². The number of benzene rings is 1. The van der Waals surface area contributed by atoms with Gasteiger partial charge in [0.1, 0.15) is 0 Å². The number of aromatic nitrogens is 2. The van der Waals surface area contributed by atoms with Gasteiger partial charge in [-0.1, -0.05) is 0 Å². The fourth-order valence-corrected chi connectivity index (χ4v) is 3.15. The lowest BCUT2D eigenvalue weighted by Crippen LogP contribution is -2.27. The van der Waals surface area contributed by atoms with Gasteiger partial charge in [0, 0.05) is 37.6 Å². The second-order valence-corrected chi connectivity index (χ2v) is 7.35. The average molecular weight is 382 g/mol. The topological polar surface area (TPSA) is 90.5 Å². The van der Waals surface area contributed by atoms with E-state index in [2.05, 4.69) is 30.6 Å². The minimum atomic E-state index is -0.205. The zero-order valence-electron chi connectivity index (χ0n) is 16.7. The number of carbonyl (C=O) groups is 2. The van der Waals surface area contributed by atoms with Gasteiger partial charge >= 0.3 is 0 Å². The fraction of sp³-hybridized carbons (Fsp3) is 0.400. The largest absolute Gasteiger partial charge is 0.383 e. The maximum Gasteiger partial charge on any atom is 0.198 e. The summed E-state index contributed by atoms with van der Waals surface area (Å²) < 4.78 is 0. The highest BCUT2D eigenvalue weighted by Gasteiger charge is 2.34. The van der Waals surface area contributed by atoms with Gasteiger partial charge in [-0.2, -0.15) is 10.2 Å². The van der Waals surface area contributed by atoms with E-state index in [-0.39, 0.29) is 11.6 Å². The second kappa shape index (κ2) is 8.45. The average Bonchev–Trinajstić information content (AvgIpc) is 2.66. The molecule has 1 aliphatic carbocycles. The minimum absolute atomic E-state index is 0.205. The highest BCUT2D eigenvalue weighted by molar-refractivity contribution is 6.31. The van der Waals surface area contributed by atoms with Gasteiger partial charge in [-0.15, -0.1) is 0 Å². The van der Waals surface area contributed by atoms with Crippen LogP contribution in [0.4, 0.5) is 11.4 Å². The van der Waals surface area contributed by atoms with Crippen LogP contribution in [-0.4, -0.2) is 85.9 Å². The normalized spacial score (nSPS) is 12.9. The number of rotatable bonds is 8. The highest BCUT2D eigenvalue weighted by atomic mass is 16.1. The van der Waals surface area contributed by atoms with Crippen molar-refractivity contribution in [2.75, 3.05) is 65.0 Å². The molecule has 0 radical (unpaired) electrons. The van der Waals surface area contributed by atoms with Crippen LogP contribution in [0.2, 0.25) is 0 Å². The molecule has 0 amide bonds. The van der Waals surface area contributed by atoms with Crippen LogP contribution in [0.15, 0.2) is 24.5 Å². The summed E-state index contributed by atoms with van der Waals surface area (Å²) in [4.78, 5) is 30.5. The molecule has 1 aromatic carbocycles. The zero-order chi connectivity index (χ0) is 20.3. The van der Waals surface area contributed by atoms with Gasteiger partial charge < -0.3 is 20.4 Å². The van der Waals surface area contributed by atoms with Crippen LogP contribution in [0.3, 0.4) is 0 Å². The fourth-order valence-electron chi connectivity index (χ4n) is 3.15. The summed E-state index contributed by atoms with van der Waals surface area (Å²) in [6.07, 6.45) is 2.74. The van der Waals surface area contributed by atoms with E-state index in [0.29, 0.717) is 46.7 Å². The Morgan fingerprint density at radius 1 is 0.750 bits per heavy atom. The summed E-state index contributed by atoms with van der Waals surface area (Å²) >= 11 is 0. The van der Waals surface area contributed by atoms with Gasteiger partial charge in [-0.25, -0.2) is 0 Å². The van der Waals surface area contributed by atoms with E-state index >= 15 is 0 Å². The van der Waals surface area contributed by atoms with Crippen molar-refractivity contribution in [1.82, 2.24) is 20.0 Å². The third-order valence-corrected chi connectivity index (χ3v) is 4.63. The Morgan fingerprint density at radius 3 is 1.50 bits per heavy atom. The summed E-state index contributed by atoms with van der Waals surface area (Å²) in [5.74, 6) is -0.411. The number of ketones is 2. The Kier molecular flexibility index (Phi) is 6.01. The van der Waals surface area contributed by atoms with Crippen molar-refractivity contribution in [2.45, 2.75) is 0 Å². The van der Waals surface area contributed by atoms with Crippen LogP contribution in [0, 0.1) is 0 Å². The van der Waals surface area contributed by atoms with Crippen molar-refractivity contribution in [1.29, 1.82) is 0 Å². The van der Waals surface area contributed by atoms with Gasteiger partial charge in [0.25, 0.3) is 0 Å². The number of likely N-dealkylation sites (N-methyl/N-ethyl adjacent to an activating group) is 2. The first kappa shape index (κ1) is 19.9. The molecule has 0 atom stereocenters. The molecule has 0 saturated carbocycles. The number of hydrogen-bond acceptors (Lipinski definition) is 8. The molecule has 0 spiro atoms. The highest BCUT2D eigenvalue weighted by Crippen LogP contribution is 2.36. The maximum absolute atomic E-state index is 13.2.